The van der Waals surface area contributed by atoms with Gasteiger partial charge in [0.25, 0.3) is 0 Å². The van der Waals surface area contributed by atoms with Gasteiger partial charge in [-0.25, -0.2) is 0 Å². The van der Waals surface area contributed by atoms with E-state index in [-0.39, 0.29) is 0 Å². The van der Waals surface area contributed by atoms with Crippen LogP contribution in [0, 0.1) is 20.8 Å². The highest BCUT2D eigenvalue weighted by Gasteiger charge is 2.26. The predicted octanol–water partition coefficient (Wildman–Crippen LogP) is 5.92. The summed E-state index contributed by atoms with van der Waals surface area (Å²) in [7, 11) is 1.63. The molecule has 3 aromatic carbocycles. The summed E-state index contributed by atoms with van der Waals surface area (Å²) in [6, 6.07) is 17.6. The highest BCUT2D eigenvalue weighted by Crippen LogP contribution is 2.41. The Labute approximate surface area is 183 Å². The highest BCUT2D eigenvalue weighted by atomic mass is 16.5. The number of methoxy groups -OCH3 is 1. The van der Waals surface area contributed by atoms with Crippen LogP contribution in [0.25, 0.3) is 5.57 Å². The van der Waals surface area contributed by atoms with Crippen molar-refractivity contribution in [2.75, 3.05) is 7.11 Å². The number of allylic oxidation sites excluding steroid dienone is 1. The number of hydrogen-bond acceptors (Lipinski definition) is 4. The van der Waals surface area contributed by atoms with Crippen LogP contribution in [0.3, 0.4) is 0 Å². The van der Waals surface area contributed by atoms with Crippen LogP contribution < -0.4 is 14.2 Å². The van der Waals surface area contributed by atoms with Crippen LogP contribution in [0.2, 0.25) is 0 Å². The Hall–Kier alpha value is -3.53. The topological polar surface area (TPSA) is 44.8 Å². The number of ether oxygens (including phenoxy) is 3. The van der Waals surface area contributed by atoms with Gasteiger partial charge in [0.05, 0.1) is 19.3 Å². The van der Waals surface area contributed by atoms with Crippen LogP contribution in [0.15, 0.2) is 60.9 Å². The van der Waals surface area contributed by atoms with Crippen molar-refractivity contribution in [3.63, 3.8) is 0 Å². The lowest BCUT2D eigenvalue weighted by molar-refractivity contribution is -0.108. The van der Waals surface area contributed by atoms with E-state index >= 15 is 0 Å². The summed E-state index contributed by atoms with van der Waals surface area (Å²) in [4.78, 5) is 12.0. The fourth-order valence-electron chi connectivity index (χ4n) is 4.10. The fraction of sp³-hybridized carbons (Fsp3) is 0.222. The molecule has 0 aliphatic carbocycles. The molecule has 1 heterocycles. The first-order chi connectivity index (χ1) is 15.0. The van der Waals surface area contributed by atoms with Gasteiger partial charge in [-0.05, 0) is 61.2 Å². The third-order valence-electron chi connectivity index (χ3n) is 5.75. The zero-order valence-corrected chi connectivity index (χ0v) is 18.3. The lowest BCUT2D eigenvalue weighted by Gasteiger charge is -2.24. The molecule has 0 amide bonds. The second kappa shape index (κ2) is 8.68. The van der Waals surface area contributed by atoms with E-state index in [0.717, 1.165) is 28.7 Å². The Morgan fingerprint density at radius 1 is 0.935 bits per heavy atom. The quantitative estimate of drug-likeness (QED) is 0.470. The summed E-state index contributed by atoms with van der Waals surface area (Å²) in [5.41, 5.74) is 7.47. The first-order valence-corrected chi connectivity index (χ1v) is 10.3. The summed E-state index contributed by atoms with van der Waals surface area (Å²) in [5, 5.41) is 0. The van der Waals surface area contributed by atoms with Gasteiger partial charge in [-0.2, -0.15) is 0 Å². The molecule has 1 atom stereocenters. The van der Waals surface area contributed by atoms with Gasteiger partial charge < -0.3 is 19.0 Å². The monoisotopic (exact) mass is 414 g/mol. The third kappa shape index (κ3) is 4.19. The second-order valence-corrected chi connectivity index (χ2v) is 7.90. The Morgan fingerprint density at radius 2 is 1.61 bits per heavy atom. The molecule has 0 radical (unpaired) electrons. The van der Waals surface area contributed by atoms with Crippen molar-refractivity contribution in [3.8, 4) is 17.2 Å². The van der Waals surface area contributed by atoms with Gasteiger partial charge >= 0.3 is 0 Å². The van der Waals surface area contributed by atoms with E-state index in [1.54, 1.807) is 13.4 Å². The van der Waals surface area contributed by atoms with Crippen LogP contribution in [0.5, 0.6) is 17.2 Å². The van der Waals surface area contributed by atoms with Crippen molar-refractivity contribution in [1.82, 2.24) is 0 Å². The number of benzene rings is 3. The summed E-state index contributed by atoms with van der Waals surface area (Å²) in [6.07, 6.45) is 2.61. The first-order valence-electron chi connectivity index (χ1n) is 10.3. The van der Waals surface area contributed by atoms with Crippen LogP contribution in [-0.2, 0) is 11.4 Å². The molecule has 1 aliphatic heterocycles. The minimum absolute atomic E-state index is 0.396. The van der Waals surface area contributed by atoms with Gasteiger partial charge in [0.15, 0.2) is 0 Å². The Bertz CT molecular complexity index is 1120. The minimum Gasteiger partial charge on any atom is -0.497 e. The van der Waals surface area contributed by atoms with Gasteiger partial charge in [-0.3, -0.25) is 0 Å². The Morgan fingerprint density at radius 3 is 2.26 bits per heavy atom. The van der Waals surface area contributed by atoms with E-state index in [0.29, 0.717) is 18.1 Å². The van der Waals surface area contributed by atoms with Crippen LogP contribution in [-0.4, -0.2) is 13.4 Å². The average Bonchev–Trinajstić information content (AvgIpc) is 2.77. The molecule has 1 aliphatic rings. The molecule has 4 rings (SSSR count). The molecule has 158 valence electrons. The molecule has 4 nitrogen and oxygen atoms in total. The number of aryl methyl sites for hydroxylation is 3. The highest BCUT2D eigenvalue weighted by molar-refractivity contribution is 5.88. The fourth-order valence-corrected chi connectivity index (χ4v) is 4.10. The molecule has 3 aromatic rings. The van der Waals surface area contributed by atoms with Gasteiger partial charge in [-0.15, -0.1) is 0 Å². The molecule has 0 saturated carbocycles. The van der Waals surface area contributed by atoms with Crippen molar-refractivity contribution in [1.29, 1.82) is 0 Å². The van der Waals surface area contributed by atoms with Crippen molar-refractivity contribution < 1.29 is 19.0 Å². The van der Waals surface area contributed by atoms with E-state index in [1.165, 1.54) is 22.3 Å². The summed E-state index contributed by atoms with van der Waals surface area (Å²) in [6.45, 7) is 6.80. The molecule has 0 N–H and O–H groups in total. The molecule has 4 heteroatoms. The number of hydrogen-bond donors (Lipinski definition) is 0. The predicted molar refractivity (Wildman–Crippen MR) is 122 cm³/mol. The van der Waals surface area contributed by atoms with Crippen LogP contribution in [0.4, 0.5) is 0 Å². The summed E-state index contributed by atoms with van der Waals surface area (Å²) < 4.78 is 17.2. The van der Waals surface area contributed by atoms with E-state index in [9.17, 15) is 4.79 Å². The van der Waals surface area contributed by atoms with Gasteiger partial charge in [0.1, 0.15) is 30.1 Å². The van der Waals surface area contributed by atoms with Crippen LogP contribution >= 0.6 is 0 Å². The molecule has 0 spiro atoms. The lowest BCUT2D eigenvalue weighted by atomic mass is 9.86. The molecule has 0 saturated heterocycles. The van der Waals surface area contributed by atoms with E-state index in [1.807, 2.05) is 42.5 Å². The number of aldehydes is 1. The maximum atomic E-state index is 12.0. The standard InChI is InChI=1S/C27H26O4/c1-17-11-18(2)25(19(3)12-17)15-30-22-9-10-23-24(14-28)26(16-31-27(23)13-22)20-5-7-21(29-4)8-6-20/h5-14,16,24H,15H2,1-4H3. The number of carbonyl (C=O) groups is 1. The molecule has 0 bridgehead atoms. The number of fused-ring (bicyclic) bond motifs is 1. The van der Waals surface area contributed by atoms with Crippen molar-refractivity contribution in [3.05, 3.63) is 94.2 Å². The van der Waals surface area contributed by atoms with Crippen molar-refractivity contribution in [2.45, 2.75) is 33.3 Å². The van der Waals surface area contributed by atoms with E-state index in [2.05, 4.69) is 32.9 Å². The van der Waals surface area contributed by atoms with E-state index < -0.39 is 5.92 Å². The Kier molecular flexibility index (Phi) is 5.81. The molecular weight excluding hydrogens is 388 g/mol. The average molecular weight is 415 g/mol. The largest absolute Gasteiger partial charge is 0.497 e. The van der Waals surface area contributed by atoms with Gasteiger partial charge in [0.2, 0.25) is 0 Å². The maximum absolute atomic E-state index is 12.0. The lowest BCUT2D eigenvalue weighted by Crippen LogP contribution is -2.11. The zero-order valence-electron chi connectivity index (χ0n) is 18.3. The minimum atomic E-state index is -0.396. The smallest absolute Gasteiger partial charge is 0.134 e. The second-order valence-electron chi connectivity index (χ2n) is 7.90. The maximum Gasteiger partial charge on any atom is 0.134 e. The summed E-state index contributed by atoms with van der Waals surface area (Å²) >= 11 is 0. The van der Waals surface area contributed by atoms with E-state index in [4.69, 9.17) is 14.2 Å². The molecule has 31 heavy (non-hydrogen) atoms. The molecule has 1 unspecified atom stereocenters. The van der Waals surface area contributed by atoms with Crippen LogP contribution in [0.1, 0.15) is 39.3 Å². The molecule has 0 aromatic heterocycles. The SMILES string of the molecule is COc1ccc(C2=COc3cc(OCc4c(C)cc(C)cc4C)ccc3C2C=O)cc1. The Balaban J connectivity index is 1.55. The molecule has 0 fully saturated rings. The van der Waals surface area contributed by atoms with Gasteiger partial charge in [0, 0.05) is 17.2 Å². The summed E-state index contributed by atoms with van der Waals surface area (Å²) in [5.74, 6) is 1.73. The normalized spacial score (nSPS) is 14.8. The molecular formula is C27H26O4. The number of rotatable bonds is 6. The number of carbonyl (C=O) groups excluding carboxylic acids is 1. The van der Waals surface area contributed by atoms with Crippen molar-refractivity contribution in [2.24, 2.45) is 0 Å². The first kappa shape index (κ1) is 20.7. The van der Waals surface area contributed by atoms with Crippen molar-refractivity contribution >= 4 is 11.9 Å². The zero-order chi connectivity index (χ0) is 22.0. The third-order valence-corrected chi connectivity index (χ3v) is 5.75. The van der Waals surface area contributed by atoms with Gasteiger partial charge in [-0.1, -0.05) is 35.9 Å².